The van der Waals surface area contributed by atoms with Crippen molar-refractivity contribution in [2.75, 3.05) is 54.6 Å². The summed E-state index contributed by atoms with van der Waals surface area (Å²) in [6, 6.07) is 6.48. The molecule has 232 valence electrons. The molecule has 0 saturated carbocycles. The maximum absolute atomic E-state index is 12.5. The van der Waals surface area contributed by atoms with E-state index in [0.717, 1.165) is 38.5 Å². The third kappa shape index (κ3) is 22.5. The predicted octanol–water partition coefficient (Wildman–Crippen LogP) is -1.95. The summed E-state index contributed by atoms with van der Waals surface area (Å²) < 4.78 is 82.9. The van der Waals surface area contributed by atoms with Crippen LogP contribution in [0, 0.1) is 0 Å². The van der Waals surface area contributed by atoms with E-state index >= 15 is 0 Å². The second-order valence-corrected chi connectivity index (χ2v) is 12.8. The smallest absolute Gasteiger partial charge is 0.748 e. The number of amides is 1. The molecule has 0 unspecified atom stereocenters. The number of carbonyl (C=O) groups is 1. The van der Waals surface area contributed by atoms with Gasteiger partial charge in [-0.3, -0.25) is 5.32 Å². The Balaban J connectivity index is 0. The zero-order valence-corrected chi connectivity index (χ0v) is 31.4. The molecule has 0 bridgehead atoms. The molecule has 0 spiro atoms. The first kappa shape index (κ1) is 44.2. The molecular formula is C26H44N2Na2O10S2. The van der Waals surface area contributed by atoms with Gasteiger partial charge in [0.1, 0.15) is 6.61 Å². The first-order valence-electron chi connectivity index (χ1n) is 13.7. The number of nitrogens with zero attached hydrogens (tertiary/aromatic N) is 1. The number of benzene rings is 1. The van der Waals surface area contributed by atoms with Crippen LogP contribution in [-0.2, 0) is 34.4 Å². The van der Waals surface area contributed by atoms with E-state index in [-0.39, 0.29) is 91.7 Å². The zero-order chi connectivity index (χ0) is 30.1. The summed E-state index contributed by atoms with van der Waals surface area (Å²) in [5.74, 6) is -2.21. The molecule has 0 heterocycles. The number of ether oxygens (including phenoxy) is 3. The molecule has 1 aromatic rings. The SMILES string of the molecule is CCCCCOC(C)(COC(=O)Nc1ccc(N(CCCS(=O)(=O)[O-])CCCS(=O)(=O)[O-])cc1)OCCCCC.[Na+].[Na+]. The van der Waals surface area contributed by atoms with Crippen molar-refractivity contribution in [2.45, 2.75) is 77.9 Å². The third-order valence-electron chi connectivity index (χ3n) is 5.90. The molecule has 12 nitrogen and oxygen atoms in total. The number of unbranched alkanes of at least 4 members (excludes halogenated alkanes) is 4. The Hall–Kier alpha value is 0.0300. The molecule has 1 aromatic carbocycles. The van der Waals surface area contributed by atoms with Gasteiger partial charge in [0.05, 0.1) is 33.5 Å². The number of hydrogen-bond acceptors (Lipinski definition) is 11. The summed E-state index contributed by atoms with van der Waals surface area (Å²) in [7, 11) is -8.80. The van der Waals surface area contributed by atoms with Crippen LogP contribution in [0.5, 0.6) is 0 Å². The van der Waals surface area contributed by atoms with Crippen LogP contribution in [0.4, 0.5) is 16.2 Å². The van der Waals surface area contributed by atoms with Crippen LogP contribution in [0.2, 0.25) is 0 Å². The maximum atomic E-state index is 12.5. The van der Waals surface area contributed by atoms with Crippen molar-refractivity contribution < 1.29 is 104 Å². The van der Waals surface area contributed by atoms with E-state index in [0.29, 0.717) is 24.6 Å². The first-order valence-corrected chi connectivity index (χ1v) is 16.9. The van der Waals surface area contributed by atoms with Crippen LogP contribution in [-0.4, -0.2) is 82.2 Å². The molecule has 1 amide bonds. The fraction of sp³-hybridized carbons (Fsp3) is 0.731. The second-order valence-electron chi connectivity index (χ2n) is 9.71. The predicted molar refractivity (Wildman–Crippen MR) is 151 cm³/mol. The fourth-order valence-electron chi connectivity index (χ4n) is 3.75. The first-order chi connectivity index (χ1) is 18.8. The average Bonchev–Trinajstić information content (AvgIpc) is 2.86. The van der Waals surface area contributed by atoms with Crippen molar-refractivity contribution in [3.05, 3.63) is 24.3 Å². The Labute approximate surface area is 296 Å². The molecule has 0 atom stereocenters. The van der Waals surface area contributed by atoms with E-state index in [1.54, 1.807) is 36.1 Å². The molecule has 0 radical (unpaired) electrons. The summed E-state index contributed by atoms with van der Waals surface area (Å²) >= 11 is 0. The Morgan fingerprint density at radius 1 is 0.810 bits per heavy atom. The van der Waals surface area contributed by atoms with E-state index in [1.165, 1.54) is 0 Å². The van der Waals surface area contributed by atoms with Crippen LogP contribution in [0.25, 0.3) is 0 Å². The number of carbonyl (C=O) groups excluding carboxylic acids is 1. The van der Waals surface area contributed by atoms with Crippen molar-refractivity contribution in [2.24, 2.45) is 0 Å². The standard InChI is InChI=1S/C26H46N2O10S2.2Na/c1-4-6-8-18-37-26(3,38-19-9-7-5-2)22-36-25(29)27-23-12-14-24(15-13-23)28(16-10-20-39(30,31)32)17-11-21-40(33,34)35;;/h12-15H,4-11,16-22H2,1-3H3,(H,27,29)(H,30,31,32)(H,33,34,35);;/q;2*+1/p-2. The van der Waals surface area contributed by atoms with E-state index in [2.05, 4.69) is 19.2 Å². The van der Waals surface area contributed by atoms with Gasteiger partial charge >= 0.3 is 65.2 Å². The van der Waals surface area contributed by atoms with Crippen molar-refractivity contribution in [1.82, 2.24) is 0 Å². The Kier molecular flexibility index (Phi) is 24.6. The van der Waals surface area contributed by atoms with Crippen LogP contribution < -0.4 is 69.3 Å². The molecular weight excluding hydrogens is 610 g/mol. The van der Waals surface area contributed by atoms with Gasteiger partial charge in [0.25, 0.3) is 0 Å². The molecule has 0 fully saturated rings. The van der Waals surface area contributed by atoms with Gasteiger partial charge < -0.3 is 28.2 Å². The van der Waals surface area contributed by atoms with Gasteiger partial charge in [-0.15, -0.1) is 0 Å². The number of anilines is 2. The molecule has 16 heteroatoms. The number of nitrogens with one attached hydrogen (secondary N) is 1. The fourth-order valence-corrected chi connectivity index (χ4v) is 4.71. The topological polar surface area (TPSA) is 174 Å². The largest absolute Gasteiger partial charge is 1.00 e. The molecule has 0 saturated heterocycles. The van der Waals surface area contributed by atoms with Gasteiger partial charge in [-0.2, -0.15) is 0 Å². The second kappa shape index (κ2) is 23.4. The quantitative estimate of drug-likeness (QED) is 0.0637. The van der Waals surface area contributed by atoms with Gasteiger partial charge in [-0.1, -0.05) is 39.5 Å². The molecule has 0 aliphatic rings. The summed E-state index contributed by atoms with van der Waals surface area (Å²) in [5.41, 5.74) is 1.02. The van der Waals surface area contributed by atoms with E-state index < -0.39 is 43.6 Å². The van der Waals surface area contributed by atoms with Gasteiger partial charge in [-0.25, -0.2) is 21.6 Å². The molecule has 1 rings (SSSR count). The molecule has 42 heavy (non-hydrogen) atoms. The van der Waals surface area contributed by atoms with E-state index in [1.807, 2.05) is 0 Å². The minimum Gasteiger partial charge on any atom is -0.748 e. The van der Waals surface area contributed by atoms with Gasteiger partial charge in [0, 0.05) is 36.0 Å². The van der Waals surface area contributed by atoms with Crippen molar-refractivity contribution in [3.63, 3.8) is 0 Å². The zero-order valence-electron chi connectivity index (χ0n) is 25.8. The normalized spacial score (nSPS) is 11.7. The summed E-state index contributed by atoms with van der Waals surface area (Å²) in [6.07, 6.45) is 5.26. The summed E-state index contributed by atoms with van der Waals surface area (Å²) in [4.78, 5) is 14.1. The minimum absolute atomic E-state index is 0. The monoisotopic (exact) mass is 654 g/mol. The van der Waals surface area contributed by atoms with E-state index in [9.17, 15) is 30.7 Å². The van der Waals surface area contributed by atoms with Crippen LogP contribution in [0.1, 0.15) is 72.1 Å². The molecule has 1 N–H and O–H groups in total. The number of rotatable bonds is 22. The van der Waals surface area contributed by atoms with Crippen molar-refractivity contribution in [1.29, 1.82) is 0 Å². The Morgan fingerprint density at radius 2 is 1.26 bits per heavy atom. The Bertz CT molecular complexity index is 1030. The number of hydrogen-bond donors (Lipinski definition) is 1. The molecule has 0 aliphatic carbocycles. The van der Waals surface area contributed by atoms with Gasteiger partial charge in [-0.05, 0) is 56.9 Å². The average molecular weight is 655 g/mol. The molecule has 0 aromatic heterocycles. The van der Waals surface area contributed by atoms with E-state index in [4.69, 9.17) is 14.2 Å². The van der Waals surface area contributed by atoms with Gasteiger partial charge in [0.15, 0.2) is 5.79 Å². The van der Waals surface area contributed by atoms with Crippen molar-refractivity contribution >= 4 is 37.7 Å². The van der Waals surface area contributed by atoms with Crippen molar-refractivity contribution in [3.8, 4) is 0 Å². The van der Waals surface area contributed by atoms with Gasteiger partial charge in [0.2, 0.25) is 0 Å². The maximum Gasteiger partial charge on any atom is 1.00 e. The molecule has 0 aliphatic heterocycles. The third-order valence-corrected chi connectivity index (χ3v) is 7.48. The summed E-state index contributed by atoms with van der Waals surface area (Å²) in [5, 5.41) is 2.63. The Morgan fingerprint density at radius 3 is 1.67 bits per heavy atom. The van der Waals surface area contributed by atoms with Crippen LogP contribution >= 0.6 is 0 Å². The minimum atomic E-state index is -4.40. The van der Waals surface area contributed by atoms with Crippen LogP contribution in [0.3, 0.4) is 0 Å². The summed E-state index contributed by atoms with van der Waals surface area (Å²) in [6.45, 7) is 7.13. The van der Waals surface area contributed by atoms with Crippen LogP contribution in [0.15, 0.2) is 24.3 Å².